The third-order valence-electron chi connectivity index (χ3n) is 6.27. The quantitative estimate of drug-likeness (QED) is 0.388. The molecule has 0 radical (unpaired) electrons. The number of hydrogen-bond donors (Lipinski definition) is 3. The standard InChI is InChI=1S/C26H25N3O4/c30-15-21-2-1-10-29(21)14-17-3-6-20(7-4-17)27-13-24-23-12-18(19-9-11-33-16-19)5-8-22(23)25(31)28-26(24)32/h3-9,11-13,16,21,30H,1-2,10,14-15H2,(H2,28,31,32)/t21-/m0/s1. The lowest BCUT2D eigenvalue weighted by Gasteiger charge is -2.22. The summed E-state index contributed by atoms with van der Waals surface area (Å²) in [6.45, 7) is 2.00. The third kappa shape index (κ3) is 4.33. The number of rotatable bonds is 6. The number of aromatic amines is 1. The van der Waals surface area contributed by atoms with E-state index in [1.165, 1.54) is 0 Å². The van der Waals surface area contributed by atoms with E-state index in [9.17, 15) is 15.0 Å². The summed E-state index contributed by atoms with van der Waals surface area (Å²) in [7, 11) is 0. The third-order valence-corrected chi connectivity index (χ3v) is 6.27. The molecular formula is C26H25N3O4. The summed E-state index contributed by atoms with van der Waals surface area (Å²) in [6, 6.07) is 15.4. The fourth-order valence-electron chi connectivity index (χ4n) is 4.44. The smallest absolute Gasteiger partial charge is 0.258 e. The highest BCUT2D eigenvalue weighted by atomic mass is 16.3. The highest BCUT2D eigenvalue weighted by Crippen LogP contribution is 2.28. The van der Waals surface area contributed by atoms with Gasteiger partial charge >= 0.3 is 0 Å². The highest BCUT2D eigenvalue weighted by Gasteiger charge is 2.23. The van der Waals surface area contributed by atoms with Gasteiger partial charge in [-0.3, -0.25) is 19.7 Å². The molecule has 4 aromatic rings. The molecule has 0 saturated carbocycles. The number of likely N-dealkylation sites (tertiary alicyclic amines) is 1. The molecule has 5 rings (SSSR count). The van der Waals surface area contributed by atoms with E-state index in [1.807, 2.05) is 42.5 Å². The molecule has 3 heterocycles. The average molecular weight is 444 g/mol. The SMILES string of the molecule is O=c1[nH]c(O)c(C=Nc2ccc(CN3CCC[C@H]3CO)cc2)c2cc(-c3ccoc3)ccc12. The van der Waals surface area contributed by atoms with Gasteiger partial charge in [0, 0.05) is 35.1 Å². The Morgan fingerprint density at radius 2 is 1.97 bits per heavy atom. The van der Waals surface area contributed by atoms with Gasteiger partial charge in [0.15, 0.2) is 0 Å². The number of aromatic hydroxyl groups is 1. The van der Waals surface area contributed by atoms with Crippen LogP contribution in [0.4, 0.5) is 5.69 Å². The van der Waals surface area contributed by atoms with Gasteiger partial charge in [0.25, 0.3) is 5.56 Å². The van der Waals surface area contributed by atoms with Crippen molar-refractivity contribution in [2.75, 3.05) is 13.2 Å². The molecule has 33 heavy (non-hydrogen) atoms. The van der Waals surface area contributed by atoms with Gasteiger partial charge in [-0.25, -0.2) is 0 Å². The van der Waals surface area contributed by atoms with Gasteiger partial charge in [-0.1, -0.05) is 18.2 Å². The van der Waals surface area contributed by atoms with Crippen molar-refractivity contribution in [3.05, 3.63) is 82.5 Å². The number of furan rings is 1. The molecule has 1 aliphatic rings. The summed E-state index contributed by atoms with van der Waals surface area (Å²) in [5.74, 6) is -0.221. The first-order valence-electron chi connectivity index (χ1n) is 11.0. The maximum absolute atomic E-state index is 12.3. The van der Waals surface area contributed by atoms with E-state index in [-0.39, 0.29) is 24.1 Å². The van der Waals surface area contributed by atoms with Gasteiger partial charge < -0.3 is 14.6 Å². The molecule has 1 fully saturated rings. The van der Waals surface area contributed by atoms with Gasteiger partial charge in [-0.2, -0.15) is 0 Å². The summed E-state index contributed by atoms with van der Waals surface area (Å²) < 4.78 is 5.17. The number of H-pyrrole nitrogens is 1. The van der Waals surface area contributed by atoms with Crippen molar-refractivity contribution in [2.45, 2.75) is 25.4 Å². The van der Waals surface area contributed by atoms with Crippen LogP contribution < -0.4 is 5.56 Å². The predicted molar refractivity (Wildman–Crippen MR) is 128 cm³/mol. The Labute approximate surface area is 190 Å². The maximum atomic E-state index is 12.3. The lowest BCUT2D eigenvalue weighted by atomic mass is 10.0. The van der Waals surface area contributed by atoms with Crippen LogP contribution in [0.2, 0.25) is 0 Å². The predicted octanol–water partition coefficient (Wildman–Crippen LogP) is 4.20. The van der Waals surface area contributed by atoms with E-state index in [0.717, 1.165) is 48.3 Å². The number of aromatic nitrogens is 1. The number of aliphatic imine (C=N–C) groups is 1. The van der Waals surface area contributed by atoms with Gasteiger partial charge in [0.05, 0.1) is 30.4 Å². The van der Waals surface area contributed by atoms with E-state index in [1.54, 1.807) is 24.8 Å². The minimum atomic E-state index is -0.356. The molecule has 1 saturated heterocycles. The highest BCUT2D eigenvalue weighted by molar-refractivity contribution is 6.03. The number of nitrogens with one attached hydrogen (secondary N) is 1. The molecule has 168 valence electrons. The van der Waals surface area contributed by atoms with Gasteiger partial charge in [-0.15, -0.1) is 0 Å². The van der Waals surface area contributed by atoms with Gasteiger partial charge in [-0.05, 0) is 60.8 Å². The lowest BCUT2D eigenvalue weighted by molar-refractivity contribution is 0.153. The number of aliphatic hydroxyl groups excluding tert-OH is 1. The molecule has 7 nitrogen and oxygen atoms in total. The molecule has 0 aliphatic carbocycles. The Hall–Kier alpha value is -3.68. The van der Waals surface area contributed by atoms with Crippen LogP contribution >= 0.6 is 0 Å². The zero-order valence-electron chi connectivity index (χ0n) is 18.1. The summed E-state index contributed by atoms with van der Waals surface area (Å²) in [5, 5.41) is 21.0. The van der Waals surface area contributed by atoms with Crippen molar-refractivity contribution in [2.24, 2.45) is 4.99 Å². The number of nitrogens with zero attached hydrogens (tertiary/aromatic N) is 2. The molecular weight excluding hydrogens is 418 g/mol. The second-order valence-corrected chi connectivity index (χ2v) is 8.36. The molecule has 1 atom stereocenters. The number of benzene rings is 2. The van der Waals surface area contributed by atoms with Crippen molar-refractivity contribution in [3.63, 3.8) is 0 Å². The Morgan fingerprint density at radius 3 is 2.73 bits per heavy atom. The second kappa shape index (κ2) is 9.05. The fraction of sp³-hybridized carbons (Fsp3) is 0.231. The first-order valence-corrected chi connectivity index (χ1v) is 11.0. The largest absolute Gasteiger partial charge is 0.494 e. The van der Waals surface area contributed by atoms with Crippen molar-refractivity contribution in [1.29, 1.82) is 0 Å². The van der Waals surface area contributed by atoms with Gasteiger partial charge in [0.1, 0.15) is 0 Å². The molecule has 1 aliphatic heterocycles. The van der Waals surface area contributed by atoms with Crippen molar-refractivity contribution < 1.29 is 14.6 Å². The van der Waals surface area contributed by atoms with Crippen LogP contribution in [0.3, 0.4) is 0 Å². The van der Waals surface area contributed by atoms with Crippen molar-refractivity contribution >= 4 is 22.7 Å². The number of pyridine rings is 1. The van der Waals surface area contributed by atoms with E-state index in [4.69, 9.17) is 4.42 Å². The van der Waals surface area contributed by atoms with Crippen LogP contribution in [-0.4, -0.2) is 45.5 Å². The monoisotopic (exact) mass is 443 g/mol. The van der Waals surface area contributed by atoms with E-state index in [0.29, 0.717) is 16.3 Å². The average Bonchev–Trinajstić information content (AvgIpc) is 3.52. The zero-order chi connectivity index (χ0) is 22.8. The minimum Gasteiger partial charge on any atom is -0.494 e. The van der Waals surface area contributed by atoms with Crippen LogP contribution in [0.25, 0.3) is 21.9 Å². The maximum Gasteiger partial charge on any atom is 0.258 e. The molecule has 3 N–H and O–H groups in total. The summed E-state index contributed by atoms with van der Waals surface area (Å²) >= 11 is 0. The first kappa shape index (κ1) is 21.2. The Balaban J connectivity index is 1.43. The van der Waals surface area contributed by atoms with E-state index < -0.39 is 0 Å². The lowest BCUT2D eigenvalue weighted by Crippen LogP contribution is -2.31. The number of fused-ring (bicyclic) bond motifs is 1. The molecule has 0 amide bonds. The summed E-state index contributed by atoms with van der Waals surface area (Å²) in [6.07, 6.45) is 6.96. The van der Waals surface area contributed by atoms with E-state index in [2.05, 4.69) is 14.9 Å². The molecule has 2 aromatic heterocycles. The van der Waals surface area contributed by atoms with Crippen LogP contribution in [0, 0.1) is 0 Å². The Bertz CT molecular complexity index is 1340. The molecule has 0 unspecified atom stereocenters. The summed E-state index contributed by atoms with van der Waals surface area (Å²) in [5.41, 5.74) is 3.76. The zero-order valence-corrected chi connectivity index (χ0v) is 18.1. The van der Waals surface area contributed by atoms with Gasteiger partial charge in [0.2, 0.25) is 5.88 Å². The fourth-order valence-corrected chi connectivity index (χ4v) is 4.44. The van der Waals surface area contributed by atoms with Crippen LogP contribution in [0.15, 0.2) is 75.3 Å². The van der Waals surface area contributed by atoms with Crippen molar-refractivity contribution in [1.82, 2.24) is 9.88 Å². The number of hydrogen-bond acceptors (Lipinski definition) is 6. The first-order chi connectivity index (χ1) is 16.1. The Morgan fingerprint density at radius 1 is 1.12 bits per heavy atom. The molecule has 0 spiro atoms. The van der Waals surface area contributed by atoms with E-state index >= 15 is 0 Å². The van der Waals surface area contributed by atoms with Crippen LogP contribution in [0.5, 0.6) is 5.88 Å². The summed E-state index contributed by atoms with van der Waals surface area (Å²) in [4.78, 5) is 21.7. The molecule has 0 bridgehead atoms. The molecule has 2 aromatic carbocycles. The van der Waals surface area contributed by atoms with Crippen LogP contribution in [0.1, 0.15) is 24.0 Å². The van der Waals surface area contributed by atoms with Crippen molar-refractivity contribution in [3.8, 4) is 17.0 Å². The molecule has 7 heteroatoms. The normalized spacial score (nSPS) is 16.8. The van der Waals surface area contributed by atoms with Crippen LogP contribution in [-0.2, 0) is 6.54 Å². The minimum absolute atomic E-state index is 0.196. The second-order valence-electron chi connectivity index (χ2n) is 8.36. The number of aliphatic hydroxyl groups is 1. The topological polar surface area (TPSA) is 102 Å². The Kier molecular flexibility index (Phi) is 5.81.